The van der Waals surface area contributed by atoms with Gasteiger partial charge in [0.2, 0.25) is 9.68 Å². The van der Waals surface area contributed by atoms with Crippen molar-refractivity contribution < 1.29 is 0 Å². The molecule has 5 aromatic rings. The Balaban J connectivity index is 1.79. The van der Waals surface area contributed by atoms with E-state index in [0.717, 1.165) is 5.52 Å². The third-order valence-corrected chi connectivity index (χ3v) is 5.79. The van der Waals surface area contributed by atoms with Crippen LogP contribution in [-0.4, -0.2) is 18.9 Å². The molecule has 2 aromatic heterocycles. The van der Waals surface area contributed by atoms with E-state index in [1.54, 1.807) is 0 Å². The van der Waals surface area contributed by atoms with Gasteiger partial charge in [-0.05, 0) is 23.4 Å². The number of rotatable bonds is 2. The van der Waals surface area contributed by atoms with Crippen molar-refractivity contribution in [1.82, 2.24) is 9.22 Å². The molecule has 0 aliphatic heterocycles. The van der Waals surface area contributed by atoms with Crippen molar-refractivity contribution in [2.75, 3.05) is 0 Å². The molecule has 3 aromatic carbocycles. The summed E-state index contributed by atoms with van der Waals surface area (Å²) in [5.41, 5.74) is 3.66. The monoisotopic (exact) mass is 322 g/mol. The molecule has 0 fully saturated rings. The molecule has 0 aliphatic rings. The maximum absolute atomic E-state index is 4.62. The fourth-order valence-electron chi connectivity index (χ4n) is 3.36. The fraction of sp³-hybridized carbons (Fsp3) is 0. The lowest BCUT2D eigenvalue weighted by molar-refractivity contribution is 1.36. The van der Waals surface area contributed by atoms with Crippen LogP contribution in [0, 0.1) is 0 Å². The molecule has 3 heteroatoms. The minimum Gasteiger partial charge on any atom is -0.363 e. The Bertz CT molecular complexity index is 1130. The van der Waals surface area contributed by atoms with Crippen LogP contribution in [0.4, 0.5) is 0 Å². The number of pyridine rings is 1. The lowest BCUT2D eigenvalue weighted by Crippen LogP contribution is -2.23. The highest BCUT2D eigenvalue weighted by atomic mass is 28.2. The number of benzene rings is 3. The van der Waals surface area contributed by atoms with Gasteiger partial charge in [0.15, 0.2) is 0 Å². The molecule has 0 N–H and O–H groups in total. The van der Waals surface area contributed by atoms with Crippen LogP contribution in [0.15, 0.2) is 85.1 Å². The van der Waals surface area contributed by atoms with Gasteiger partial charge in [0.25, 0.3) is 0 Å². The van der Waals surface area contributed by atoms with E-state index in [4.69, 9.17) is 0 Å². The summed E-state index contributed by atoms with van der Waals surface area (Å²) < 4.78 is 2.42. The predicted octanol–water partition coefficient (Wildman–Crippen LogP) is 4.14. The normalized spacial score (nSPS) is 11.5. The number of hydrogen-bond donors (Lipinski definition) is 0. The van der Waals surface area contributed by atoms with Crippen molar-refractivity contribution in [3.8, 4) is 0 Å². The van der Waals surface area contributed by atoms with E-state index in [1.165, 1.54) is 32.4 Å². The van der Waals surface area contributed by atoms with Gasteiger partial charge in [0, 0.05) is 33.4 Å². The summed E-state index contributed by atoms with van der Waals surface area (Å²) in [6.07, 6.45) is 1.88. The average Bonchev–Trinajstić information content (AvgIpc) is 2.97. The lowest BCUT2D eigenvalue weighted by atomic mass is 10.2. The minimum absolute atomic E-state index is 0.517. The summed E-state index contributed by atoms with van der Waals surface area (Å²) in [6.45, 7) is 0. The zero-order valence-corrected chi connectivity index (χ0v) is 14.0. The van der Waals surface area contributed by atoms with Crippen LogP contribution >= 0.6 is 0 Å². The summed E-state index contributed by atoms with van der Waals surface area (Å²) in [7, 11) is 0.517. The zero-order valence-electron chi connectivity index (χ0n) is 13.0. The van der Waals surface area contributed by atoms with Gasteiger partial charge in [-0.1, -0.05) is 60.7 Å². The molecule has 0 spiro atoms. The second-order valence-corrected chi connectivity index (χ2v) is 7.07. The van der Waals surface area contributed by atoms with Gasteiger partial charge in [0.1, 0.15) is 0 Å². The average molecular weight is 322 g/mol. The lowest BCUT2D eigenvalue weighted by Gasteiger charge is -2.08. The highest BCUT2D eigenvalue weighted by Gasteiger charge is 2.12. The standard InChI is InChI=1S/C21H14N2Si/c1-3-11-18-16(9-1)17-10-2-4-12-19(17)23(18)24-20-13-5-7-15-8-6-14-22-21(15)20/h1-14H. The fourth-order valence-corrected chi connectivity index (χ4v) is 4.72. The number of hydrogen-bond acceptors (Lipinski definition) is 1. The first-order valence-electron chi connectivity index (χ1n) is 8.01. The zero-order chi connectivity index (χ0) is 15.9. The molecule has 5 rings (SSSR count). The van der Waals surface area contributed by atoms with Gasteiger partial charge in [-0.25, -0.2) is 0 Å². The molecule has 2 nitrogen and oxygen atoms in total. The first-order chi connectivity index (χ1) is 11.9. The molecule has 0 saturated carbocycles. The van der Waals surface area contributed by atoms with Crippen molar-refractivity contribution in [2.24, 2.45) is 0 Å². The Morgan fingerprint density at radius 3 is 2.08 bits per heavy atom. The maximum atomic E-state index is 4.62. The van der Waals surface area contributed by atoms with Crippen LogP contribution in [0.1, 0.15) is 0 Å². The number of fused-ring (bicyclic) bond motifs is 4. The first kappa shape index (κ1) is 13.5. The number of nitrogens with zero attached hydrogens (tertiary/aromatic N) is 2. The van der Waals surface area contributed by atoms with Gasteiger partial charge in [-0.15, -0.1) is 0 Å². The summed E-state index contributed by atoms with van der Waals surface area (Å²) in [5.74, 6) is 0. The molecule has 24 heavy (non-hydrogen) atoms. The number of aromatic nitrogens is 2. The van der Waals surface area contributed by atoms with Crippen LogP contribution in [0.5, 0.6) is 0 Å². The second-order valence-electron chi connectivity index (χ2n) is 5.86. The minimum atomic E-state index is 0.517. The van der Waals surface area contributed by atoms with Crippen LogP contribution in [0.2, 0.25) is 0 Å². The molecular weight excluding hydrogens is 308 g/mol. The molecular formula is C21H14N2Si. The van der Waals surface area contributed by atoms with Gasteiger partial charge in [-0.2, -0.15) is 0 Å². The van der Waals surface area contributed by atoms with Crippen LogP contribution in [0.3, 0.4) is 0 Å². The SMILES string of the molecule is c1cnc2c([Si]n3c4ccccc4c4ccccc43)cccc2c1. The molecule has 0 saturated heterocycles. The molecule has 112 valence electrons. The summed E-state index contributed by atoms with van der Waals surface area (Å²) >= 11 is 0. The summed E-state index contributed by atoms with van der Waals surface area (Å²) in [4.78, 5) is 4.62. The van der Waals surface area contributed by atoms with Crippen molar-refractivity contribution in [2.45, 2.75) is 0 Å². The van der Waals surface area contributed by atoms with Gasteiger partial charge in [0.05, 0.1) is 5.52 Å². The van der Waals surface area contributed by atoms with Crippen LogP contribution in [-0.2, 0) is 0 Å². The third kappa shape index (κ3) is 1.98. The van der Waals surface area contributed by atoms with E-state index in [0.29, 0.717) is 9.68 Å². The molecule has 0 amide bonds. The Morgan fingerprint density at radius 1 is 0.667 bits per heavy atom. The Hall–Kier alpha value is -2.91. The Labute approximate surface area is 142 Å². The molecule has 2 radical (unpaired) electrons. The largest absolute Gasteiger partial charge is 0.363 e. The van der Waals surface area contributed by atoms with Gasteiger partial charge >= 0.3 is 0 Å². The third-order valence-electron chi connectivity index (χ3n) is 4.45. The van der Waals surface area contributed by atoms with E-state index in [2.05, 4.69) is 82.0 Å². The van der Waals surface area contributed by atoms with Gasteiger partial charge < -0.3 is 4.23 Å². The number of para-hydroxylation sites is 3. The summed E-state index contributed by atoms with van der Waals surface area (Å²) in [5, 5.41) is 5.10. The molecule has 0 aliphatic carbocycles. The van der Waals surface area contributed by atoms with Crippen molar-refractivity contribution in [3.05, 3.63) is 85.1 Å². The first-order valence-corrected chi connectivity index (χ1v) is 8.95. The summed E-state index contributed by atoms with van der Waals surface area (Å²) in [6, 6.07) is 27.9. The highest BCUT2D eigenvalue weighted by Crippen LogP contribution is 2.27. The molecule has 0 unspecified atom stereocenters. The van der Waals surface area contributed by atoms with E-state index in [1.807, 2.05) is 12.3 Å². The molecule has 0 bridgehead atoms. The molecule has 2 heterocycles. The van der Waals surface area contributed by atoms with Crippen molar-refractivity contribution >= 4 is 47.6 Å². The van der Waals surface area contributed by atoms with E-state index >= 15 is 0 Å². The van der Waals surface area contributed by atoms with Crippen LogP contribution < -0.4 is 5.19 Å². The van der Waals surface area contributed by atoms with Crippen LogP contribution in [0.25, 0.3) is 32.7 Å². The molecule has 0 atom stereocenters. The Morgan fingerprint density at radius 2 is 1.33 bits per heavy atom. The topological polar surface area (TPSA) is 17.8 Å². The second kappa shape index (κ2) is 5.32. The smallest absolute Gasteiger partial charge is 0.229 e. The maximum Gasteiger partial charge on any atom is 0.229 e. The Kier molecular flexibility index (Phi) is 3.00. The van der Waals surface area contributed by atoms with E-state index < -0.39 is 0 Å². The predicted molar refractivity (Wildman–Crippen MR) is 102 cm³/mol. The van der Waals surface area contributed by atoms with E-state index in [9.17, 15) is 0 Å². The van der Waals surface area contributed by atoms with Gasteiger partial charge in [-0.3, -0.25) is 4.98 Å². The quantitative estimate of drug-likeness (QED) is 0.447. The van der Waals surface area contributed by atoms with Crippen molar-refractivity contribution in [3.63, 3.8) is 0 Å². The highest BCUT2D eigenvalue weighted by molar-refractivity contribution is 6.57. The van der Waals surface area contributed by atoms with E-state index in [-0.39, 0.29) is 0 Å². The van der Waals surface area contributed by atoms with Crippen molar-refractivity contribution in [1.29, 1.82) is 0 Å².